The van der Waals surface area contributed by atoms with Crippen LogP contribution in [0.1, 0.15) is 16.1 Å². The van der Waals surface area contributed by atoms with Crippen LogP contribution >= 0.6 is 11.6 Å². The minimum atomic E-state index is -0.182. The third-order valence-corrected chi connectivity index (χ3v) is 5.81. The Hall–Kier alpha value is -4.22. The number of carbonyl (C=O) groups is 1. The summed E-state index contributed by atoms with van der Waals surface area (Å²) < 4.78 is 7.76. The maximum Gasteiger partial charge on any atom is 0.228 e. The van der Waals surface area contributed by atoms with Gasteiger partial charge in [0.2, 0.25) is 5.78 Å². The molecule has 0 saturated carbocycles. The van der Waals surface area contributed by atoms with E-state index >= 15 is 0 Å². The monoisotopic (exact) mass is 449 g/mol. The Kier molecular flexibility index (Phi) is 4.56. The lowest BCUT2D eigenvalue weighted by atomic mass is 10.0. The van der Waals surface area contributed by atoms with E-state index in [-0.39, 0.29) is 11.5 Å². The standard InChI is InChI=1S/C27H16ClN3O2/c28-19-12-10-17(11-13-19)22-16-24-29-21(14-15-31(24)30-22)25-20-8-4-5-9-23(20)33-27(25)26(32)18-6-2-1-3-7-18/h1-16H. The molecule has 0 atom stereocenters. The van der Waals surface area contributed by atoms with Gasteiger partial charge in [-0.15, -0.1) is 0 Å². The highest BCUT2D eigenvalue weighted by Crippen LogP contribution is 2.35. The van der Waals surface area contributed by atoms with Crippen molar-refractivity contribution >= 4 is 34.0 Å². The molecule has 0 N–H and O–H groups in total. The highest BCUT2D eigenvalue weighted by atomic mass is 35.5. The number of aromatic nitrogens is 3. The van der Waals surface area contributed by atoms with Crippen LogP contribution in [-0.2, 0) is 0 Å². The van der Waals surface area contributed by atoms with Crippen molar-refractivity contribution in [1.29, 1.82) is 0 Å². The molecule has 158 valence electrons. The maximum atomic E-state index is 13.3. The molecule has 0 aliphatic rings. The van der Waals surface area contributed by atoms with Gasteiger partial charge in [0, 0.05) is 33.8 Å². The summed E-state index contributed by atoms with van der Waals surface area (Å²) in [6, 6.07) is 28.0. The molecule has 0 fully saturated rings. The second kappa shape index (κ2) is 7.73. The largest absolute Gasteiger partial charge is 0.452 e. The third kappa shape index (κ3) is 3.39. The molecule has 0 bridgehead atoms. The number of ketones is 1. The fourth-order valence-corrected chi connectivity index (χ4v) is 4.09. The SMILES string of the molecule is O=C(c1ccccc1)c1oc2ccccc2c1-c1ccn2nc(-c3ccc(Cl)cc3)cc2n1. The zero-order valence-electron chi connectivity index (χ0n) is 17.3. The van der Waals surface area contributed by atoms with Gasteiger partial charge in [-0.25, -0.2) is 9.50 Å². The normalized spacial score (nSPS) is 11.3. The Morgan fingerprint density at radius 2 is 1.61 bits per heavy atom. The molecule has 3 aromatic heterocycles. The van der Waals surface area contributed by atoms with Gasteiger partial charge in [-0.2, -0.15) is 5.10 Å². The van der Waals surface area contributed by atoms with Gasteiger partial charge in [-0.1, -0.05) is 72.3 Å². The second-order valence-electron chi connectivity index (χ2n) is 7.65. The summed E-state index contributed by atoms with van der Waals surface area (Å²) in [5.74, 6) is 0.0931. The predicted octanol–water partition coefficient (Wildman–Crippen LogP) is 6.69. The van der Waals surface area contributed by atoms with Crippen molar-refractivity contribution in [3.05, 3.63) is 114 Å². The molecule has 0 saturated heterocycles. The molecule has 3 heterocycles. The molecule has 0 aliphatic carbocycles. The quantitative estimate of drug-likeness (QED) is 0.281. The minimum Gasteiger partial charge on any atom is -0.452 e. The molecule has 0 radical (unpaired) electrons. The lowest BCUT2D eigenvalue weighted by molar-refractivity contribution is 0.101. The number of hydrogen-bond donors (Lipinski definition) is 0. The van der Waals surface area contributed by atoms with Gasteiger partial charge in [0.05, 0.1) is 17.0 Å². The highest BCUT2D eigenvalue weighted by Gasteiger charge is 2.24. The Balaban J connectivity index is 1.52. The van der Waals surface area contributed by atoms with Gasteiger partial charge in [0.15, 0.2) is 11.4 Å². The molecule has 0 aliphatic heterocycles. The Labute approximate surface area is 193 Å². The molecular formula is C27H16ClN3O2. The summed E-state index contributed by atoms with van der Waals surface area (Å²) in [4.78, 5) is 18.2. The number of para-hydroxylation sites is 1. The van der Waals surface area contributed by atoms with E-state index < -0.39 is 0 Å². The number of fused-ring (bicyclic) bond motifs is 2. The Morgan fingerprint density at radius 3 is 2.42 bits per heavy atom. The number of furan rings is 1. The number of carbonyl (C=O) groups excluding carboxylic acids is 1. The van der Waals surface area contributed by atoms with Crippen molar-refractivity contribution in [2.24, 2.45) is 0 Å². The summed E-state index contributed by atoms with van der Waals surface area (Å²) in [6.07, 6.45) is 1.84. The summed E-state index contributed by atoms with van der Waals surface area (Å²) in [7, 11) is 0. The van der Waals surface area contributed by atoms with Crippen LogP contribution < -0.4 is 0 Å². The first-order valence-corrected chi connectivity index (χ1v) is 10.8. The number of halogens is 1. The van der Waals surface area contributed by atoms with Crippen LogP contribution in [0.25, 0.3) is 39.1 Å². The summed E-state index contributed by atoms with van der Waals surface area (Å²) in [5, 5.41) is 6.13. The first-order chi connectivity index (χ1) is 16.2. The van der Waals surface area contributed by atoms with Crippen LogP contribution in [0.2, 0.25) is 5.02 Å². The zero-order chi connectivity index (χ0) is 22.4. The average molecular weight is 450 g/mol. The lowest BCUT2D eigenvalue weighted by Crippen LogP contribution is -2.02. The van der Waals surface area contributed by atoms with E-state index in [1.807, 2.05) is 85.1 Å². The van der Waals surface area contributed by atoms with Crippen LogP contribution in [0, 0.1) is 0 Å². The van der Waals surface area contributed by atoms with E-state index in [2.05, 4.69) is 5.10 Å². The van der Waals surface area contributed by atoms with Crippen molar-refractivity contribution in [2.45, 2.75) is 0 Å². The molecule has 5 nitrogen and oxygen atoms in total. The van der Waals surface area contributed by atoms with E-state index in [0.717, 1.165) is 16.6 Å². The third-order valence-electron chi connectivity index (χ3n) is 5.56. The van der Waals surface area contributed by atoms with Crippen LogP contribution in [0.4, 0.5) is 0 Å². The summed E-state index contributed by atoms with van der Waals surface area (Å²) >= 11 is 6.01. The fraction of sp³-hybridized carbons (Fsp3) is 0. The smallest absolute Gasteiger partial charge is 0.228 e. The predicted molar refractivity (Wildman–Crippen MR) is 129 cm³/mol. The zero-order valence-corrected chi connectivity index (χ0v) is 18.0. The minimum absolute atomic E-state index is 0.182. The first-order valence-electron chi connectivity index (χ1n) is 10.4. The molecule has 3 aromatic carbocycles. The average Bonchev–Trinajstić information content (AvgIpc) is 3.46. The topological polar surface area (TPSA) is 60.4 Å². The molecule has 0 spiro atoms. The summed E-state index contributed by atoms with van der Waals surface area (Å²) in [5.41, 5.74) is 4.93. The second-order valence-corrected chi connectivity index (χ2v) is 8.09. The van der Waals surface area contributed by atoms with E-state index in [1.54, 1.807) is 16.6 Å². The molecule has 6 aromatic rings. The van der Waals surface area contributed by atoms with Crippen molar-refractivity contribution < 1.29 is 9.21 Å². The van der Waals surface area contributed by atoms with Crippen molar-refractivity contribution in [3.8, 4) is 22.5 Å². The first kappa shape index (κ1) is 19.5. The molecule has 0 amide bonds. The van der Waals surface area contributed by atoms with E-state index in [0.29, 0.717) is 33.1 Å². The van der Waals surface area contributed by atoms with E-state index in [4.69, 9.17) is 21.0 Å². The van der Waals surface area contributed by atoms with Gasteiger partial charge in [-0.05, 0) is 24.3 Å². The van der Waals surface area contributed by atoms with Gasteiger partial charge < -0.3 is 4.42 Å². The molecule has 6 heteroatoms. The highest BCUT2D eigenvalue weighted by molar-refractivity contribution is 6.30. The van der Waals surface area contributed by atoms with Gasteiger partial charge in [0.25, 0.3) is 0 Å². The van der Waals surface area contributed by atoms with Crippen molar-refractivity contribution in [3.63, 3.8) is 0 Å². The van der Waals surface area contributed by atoms with Gasteiger partial charge >= 0.3 is 0 Å². The van der Waals surface area contributed by atoms with Crippen molar-refractivity contribution in [1.82, 2.24) is 14.6 Å². The molecular weight excluding hydrogens is 434 g/mol. The van der Waals surface area contributed by atoms with Crippen LogP contribution in [0.15, 0.2) is 102 Å². The van der Waals surface area contributed by atoms with Gasteiger partial charge in [-0.3, -0.25) is 4.79 Å². The van der Waals surface area contributed by atoms with E-state index in [1.165, 1.54) is 0 Å². The van der Waals surface area contributed by atoms with Crippen molar-refractivity contribution in [2.75, 3.05) is 0 Å². The Bertz CT molecular complexity index is 1630. The molecule has 33 heavy (non-hydrogen) atoms. The number of rotatable bonds is 4. The number of hydrogen-bond acceptors (Lipinski definition) is 4. The lowest BCUT2D eigenvalue weighted by Gasteiger charge is -2.03. The Morgan fingerprint density at radius 1 is 0.848 bits per heavy atom. The van der Waals surface area contributed by atoms with E-state index in [9.17, 15) is 4.79 Å². The number of nitrogens with zero attached hydrogens (tertiary/aromatic N) is 3. The molecule has 6 rings (SSSR count). The van der Waals surface area contributed by atoms with Crippen LogP contribution in [0.3, 0.4) is 0 Å². The fourth-order valence-electron chi connectivity index (χ4n) is 3.96. The van der Waals surface area contributed by atoms with Gasteiger partial charge in [0.1, 0.15) is 5.58 Å². The summed E-state index contributed by atoms with van der Waals surface area (Å²) in [6.45, 7) is 0. The maximum absolute atomic E-state index is 13.3. The van der Waals surface area contributed by atoms with Crippen LogP contribution in [-0.4, -0.2) is 20.4 Å². The van der Waals surface area contributed by atoms with Crippen LogP contribution in [0.5, 0.6) is 0 Å². The molecule has 0 unspecified atom stereocenters. The number of benzene rings is 3.